The minimum Gasteiger partial charge on any atom is -0.490 e. The van der Waals surface area contributed by atoms with E-state index in [4.69, 9.17) is 14.2 Å². The van der Waals surface area contributed by atoms with Gasteiger partial charge in [-0.05, 0) is 32.0 Å². The van der Waals surface area contributed by atoms with Gasteiger partial charge in [0.1, 0.15) is 12.1 Å². The van der Waals surface area contributed by atoms with Crippen LogP contribution in [0.4, 0.5) is 0 Å². The highest BCUT2D eigenvalue weighted by Gasteiger charge is 2.34. The Hall–Kier alpha value is -1.75. The standard InChI is InChI=1S/C16H25NO4/c1-5-11-20-13-9-7-8-10-14(13)21-12-16(3,17-6-2)15(18)19-4/h7-10,17H,5-6,11-12H2,1-4H3. The van der Waals surface area contributed by atoms with E-state index in [1.807, 2.05) is 38.1 Å². The highest BCUT2D eigenvalue weighted by molar-refractivity contribution is 5.80. The first kappa shape index (κ1) is 17.3. The van der Waals surface area contributed by atoms with E-state index >= 15 is 0 Å². The molecule has 0 aliphatic heterocycles. The van der Waals surface area contributed by atoms with E-state index in [9.17, 15) is 4.79 Å². The summed E-state index contributed by atoms with van der Waals surface area (Å²) < 4.78 is 16.3. The third kappa shape index (κ3) is 4.93. The summed E-state index contributed by atoms with van der Waals surface area (Å²) in [6.45, 7) is 7.17. The molecular weight excluding hydrogens is 270 g/mol. The summed E-state index contributed by atoms with van der Waals surface area (Å²) in [6.07, 6.45) is 0.922. The number of ether oxygens (including phenoxy) is 3. The molecule has 0 fully saturated rings. The van der Waals surface area contributed by atoms with E-state index in [0.717, 1.165) is 6.42 Å². The summed E-state index contributed by atoms with van der Waals surface area (Å²) in [6, 6.07) is 7.45. The zero-order chi connectivity index (χ0) is 15.7. The van der Waals surface area contributed by atoms with Gasteiger partial charge in [0.05, 0.1) is 13.7 Å². The zero-order valence-corrected chi connectivity index (χ0v) is 13.3. The molecule has 1 aromatic carbocycles. The third-order valence-corrected chi connectivity index (χ3v) is 3.03. The van der Waals surface area contributed by atoms with Gasteiger partial charge in [-0.25, -0.2) is 4.79 Å². The smallest absolute Gasteiger partial charge is 0.329 e. The Labute approximate surface area is 126 Å². The van der Waals surface area contributed by atoms with Gasteiger partial charge in [0, 0.05) is 0 Å². The lowest BCUT2D eigenvalue weighted by molar-refractivity contribution is -0.149. The maximum atomic E-state index is 11.9. The van der Waals surface area contributed by atoms with Crippen LogP contribution >= 0.6 is 0 Å². The molecule has 0 saturated carbocycles. The number of esters is 1. The van der Waals surface area contributed by atoms with Crippen LogP contribution in [0, 0.1) is 0 Å². The molecule has 21 heavy (non-hydrogen) atoms. The van der Waals surface area contributed by atoms with E-state index < -0.39 is 5.54 Å². The lowest BCUT2D eigenvalue weighted by atomic mass is 10.0. The minimum absolute atomic E-state index is 0.167. The van der Waals surface area contributed by atoms with Gasteiger partial charge in [-0.2, -0.15) is 0 Å². The molecule has 5 nitrogen and oxygen atoms in total. The number of hydrogen-bond acceptors (Lipinski definition) is 5. The van der Waals surface area contributed by atoms with Gasteiger partial charge in [-0.1, -0.05) is 26.0 Å². The molecule has 0 radical (unpaired) electrons. The number of nitrogens with one attached hydrogen (secondary N) is 1. The number of rotatable bonds is 9. The molecule has 0 amide bonds. The predicted octanol–water partition coefficient (Wildman–Crippen LogP) is 2.40. The molecule has 1 aromatic rings. The second kappa shape index (κ2) is 8.52. The molecule has 5 heteroatoms. The minimum atomic E-state index is -0.888. The molecule has 118 valence electrons. The maximum Gasteiger partial charge on any atom is 0.329 e. The van der Waals surface area contributed by atoms with Gasteiger partial charge in [0.2, 0.25) is 0 Å². The summed E-state index contributed by atoms with van der Waals surface area (Å²) in [5, 5.41) is 3.10. The van der Waals surface area contributed by atoms with Crippen LogP contribution in [0.3, 0.4) is 0 Å². The first-order valence-electron chi connectivity index (χ1n) is 7.25. The molecule has 0 aliphatic carbocycles. The molecule has 1 rings (SSSR count). The van der Waals surface area contributed by atoms with Crippen molar-refractivity contribution in [1.82, 2.24) is 5.32 Å². The van der Waals surface area contributed by atoms with Crippen LogP contribution in [0.2, 0.25) is 0 Å². The number of carbonyl (C=O) groups is 1. The van der Waals surface area contributed by atoms with Crippen molar-refractivity contribution in [3.8, 4) is 11.5 Å². The van der Waals surface area contributed by atoms with Gasteiger partial charge in [0.15, 0.2) is 11.5 Å². The average molecular weight is 295 g/mol. The van der Waals surface area contributed by atoms with Crippen LogP contribution < -0.4 is 14.8 Å². The normalized spacial score (nSPS) is 13.3. The average Bonchev–Trinajstić information content (AvgIpc) is 2.51. The van der Waals surface area contributed by atoms with Crippen molar-refractivity contribution in [2.45, 2.75) is 32.7 Å². The van der Waals surface area contributed by atoms with Gasteiger partial charge in [-0.15, -0.1) is 0 Å². The van der Waals surface area contributed by atoms with Crippen LogP contribution in [-0.2, 0) is 9.53 Å². The van der Waals surface area contributed by atoms with Gasteiger partial charge >= 0.3 is 5.97 Å². The molecule has 1 atom stereocenters. The molecule has 0 heterocycles. The summed E-state index contributed by atoms with van der Waals surface area (Å²) in [4.78, 5) is 11.9. The summed E-state index contributed by atoms with van der Waals surface area (Å²) in [7, 11) is 1.37. The SMILES string of the molecule is CCCOc1ccccc1OCC(C)(NCC)C(=O)OC. The molecular formula is C16H25NO4. The third-order valence-electron chi connectivity index (χ3n) is 3.03. The Balaban J connectivity index is 2.78. The van der Waals surface area contributed by atoms with Crippen molar-refractivity contribution in [2.24, 2.45) is 0 Å². The number of hydrogen-bond donors (Lipinski definition) is 1. The topological polar surface area (TPSA) is 56.8 Å². The molecule has 1 unspecified atom stereocenters. The summed E-state index contributed by atoms with van der Waals surface area (Å²) >= 11 is 0. The first-order valence-corrected chi connectivity index (χ1v) is 7.25. The van der Waals surface area contributed by atoms with Crippen LogP contribution in [-0.4, -0.2) is 38.4 Å². The Morgan fingerprint density at radius 1 is 1.19 bits per heavy atom. The molecule has 0 bridgehead atoms. The van der Waals surface area contributed by atoms with E-state index in [-0.39, 0.29) is 12.6 Å². The van der Waals surface area contributed by atoms with Crippen LogP contribution in [0.15, 0.2) is 24.3 Å². The van der Waals surface area contributed by atoms with E-state index in [2.05, 4.69) is 5.32 Å². The fourth-order valence-corrected chi connectivity index (χ4v) is 1.92. The number of likely N-dealkylation sites (N-methyl/N-ethyl adjacent to an activating group) is 1. The van der Waals surface area contributed by atoms with Crippen molar-refractivity contribution < 1.29 is 19.0 Å². The van der Waals surface area contributed by atoms with Crippen molar-refractivity contribution in [2.75, 3.05) is 26.9 Å². The molecule has 0 aromatic heterocycles. The molecule has 1 N–H and O–H groups in total. The Morgan fingerprint density at radius 3 is 2.33 bits per heavy atom. The van der Waals surface area contributed by atoms with Crippen molar-refractivity contribution in [3.63, 3.8) is 0 Å². The first-order chi connectivity index (χ1) is 10.1. The van der Waals surface area contributed by atoms with Crippen molar-refractivity contribution in [1.29, 1.82) is 0 Å². The Kier molecular flexibility index (Phi) is 7.02. The Morgan fingerprint density at radius 2 is 1.81 bits per heavy atom. The van der Waals surface area contributed by atoms with Gasteiger partial charge in [-0.3, -0.25) is 5.32 Å². The van der Waals surface area contributed by atoms with Crippen LogP contribution in [0.1, 0.15) is 27.2 Å². The lowest BCUT2D eigenvalue weighted by Crippen LogP contribution is -2.54. The molecule has 0 saturated heterocycles. The van der Waals surface area contributed by atoms with Crippen molar-refractivity contribution >= 4 is 5.97 Å². The van der Waals surface area contributed by atoms with E-state index in [1.165, 1.54) is 7.11 Å². The van der Waals surface area contributed by atoms with E-state index in [0.29, 0.717) is 24.7 Å². The maximum absolute atomic E-state index is 11.9. The quantitative estimate of drug-likeness (QED) is 0.709. The van der Waals surface area contributed by atoms with Gasteiger partial charge in [0.25, 0.3) is 0 Å². The fraction of sp³-hybridized carbons (Fsp3) is 0.562. The second-order valence-corrected chi connectivity index (χ2v) is 4.94. The van der Waals surface area contributed by atoms with Crippen molar-refractivity contribution in [3.05, 3.63) is 24.3 Å². The Bertz CT molecular complexity index is 450. The number of benzene rings is 1. The zero-order valence-electron chi connectivity index (χ0n) is 13.3. The molecule has 0 aliphatic rings. The largest absolute Gasteiger partial charge is 0.490 e. The summed E-state index contributed by atoms with van der Waals surface area (Å²) in [5.74, 6) is 0.957. The molecule has 0 spiro atoms. The monoisotopic (exact) mass is 295 g/mol. The number of para-hydroxylation sites is 2. The van der Waals surface area contributed by atoms with Gasteiger partial charge < -0.3 is 14.2 Å². The second-order valence-electron chi connectivity index (χ2n) is 4.94. The lowest BCUT2D eigenvalue weighted by Gasteiger charge is -2.27. The fourth-order valence-electron chi connectivity index (χ4n) is 1.92. The van der Waals surface area contributed by atoms with Crippen LogP contribution in [0.25, 0.3) is 0 Å². The highest BCUT2D eigenvalue weighted by atomic mass is 16.5. The van der Waals surface area contributed by atoms with Crippen LogP contribution in [0.5, 0.6) is 11.5 Å². The highest BCUT2D eigenvalue weighted by Crippen LogP contribution is 2.27. The predicted molar refractivity (Wildman–Crippen MR) is 81.8 cm³/mol. The summed E-state index contributed by atoms with van der Waals surface area (Å²) in [5.41, 5.74) is -0.888. The number of methoxy groups -OCH3 is 1. The van der Waals surface area contributed by atoms with E-state index in [1.54, 1.807) is 6.92 Å². The number of carbonyl (C=O) groups excluding carboxylic acids is 1.